The van der Waals surface area contributed by atoms with E-state index in [-0.39, 0.29) is 11.8 Å². The van der Waals surface area contributed by atoms with Gasteiger partial charge in [0.05, 0.1) is 43.5 Å². The number of hydrogen-bond donors (Lipinski definition) is 1. The third-order valence-corrected chi connectivity index (χ3v) is 4.97. The summed E-state index contributed by atoms with van der Waals surface area (Å²) >= 11 is 0. The molecule has 2 aromatic heterocycles. The number of nitrogens with zero attached hydrogens (tertiary/aromatic N) is 2. The lowest BCUT2D eigenvalue weighted by molar-refractivity contribution is -0.128. The van der Waals surface area contributed by atoms with Crippen LogP contribution in [0.15, 0.2) is 47.5 Å². The fourth-order valence-corrected chi connectivity index (χ4v) is 3.80. The zero-order valence-electron chi connectivity index (χ0n) is 13.4. The van der Waals surface area contributed by atoms with Crippen molar-refractivity contribution < 1.29 is 13.9 Å². The fourth-order valence-electron chi connectivity index (χ4n) is 3.80. The molecular weight excluding hydrogens is 306 g/mol. The van der Waals surface area contributed by atoms with E-state index in [1.165, 1.54) is 5.56 Å². The van der Waals surface area contributed by atoms with Crippen LogP contribution in [0.25, 0.3) is 0 Å². The van der Waals surface area contributed by atoms with Crippen molar-refractivity contribution >= 4 is 11.6 Å². The summed E-state index contributed by atoms with van der Waals surface area (Å²) in [6, 6.07) is 5.66. The number of aromatic nitrogens is 1. The highest BCUT2D eigenvalue weighted by Crippen LogP contribution is 2.35. The van der Waals surface area contributed by atoms with Gasteiger partial charge < -0.3 is 14.5 Å². The Balaban J connectivity index is 1.42. The molecule has 0 aromatic carbocycles. The fraction of sp³-hybridized carbons (Fsp3) is 0.444. The van der Waals surface area contributed by atoms with E-state index < -0.39 is 0 Å². The normalized spacial score (nSPS) is 26.9. The van der Waals surface area contributed by atoms with Gasteiger partial charge in [-0.05, 0) is 30.0 Å². The third-order valence-electron chi connectivity index (χ3n) is 4.97. The Labute approximate surface area is 140 Å². The molecule has 2 aliphatic heterocycles. The van der Waals surface area contributed by atoms with Crippen LogP contribution in [0.4, 0.5) is 5.69 Å². The molecule has 0 saturated carbocycles. The molecule has 0 unspecified atom stereocenters. The van der Waals surface area contributed by atoms with Crippen LogP contribution in [0, 0.1) is 17.8 Å². The van der Waals surface area contributed by atoms with Gasteiger partial charge in [0.2, 0.25) is 5.91 Å². The molecule has 2 aliphatic rings. The van der Waals surface area contributed by atoms with Crippen molar-refractivity contribution in [1.29, 1.82) is 0 Å². The highest BCUT2D eigenvalue weighted by molar-refractivity contribution is 5.92. The molecule has 24 heavy (non-hydrogen) atoms. The minimum Gasteiger partial charge on any atom is -0.472 e. The summed E-state index contributed by atoms with van der Waals surface area (Å²) in [5, 5.41) is 2.97. The smallest absolute Gasteiger partial charge is 0.230 e. The molecule has 0 spiro atoms. The van der Waals surface area contributed by atoms with Gasteiger partial charge in [0.15, 0.2) is 0 Å². The van der Waals surface area contributed by atoms with Crippen LogP contribution < -0.4 is 5.32 Å². The largest absolute Gasteiger partial charge is 0.472 e. The number of nitrogens with one attached hydrogen (secondary N) is 1. The maximum atomic E-state index is 12.7. The minimum absolute atomic E-state index is 0.0304. The van der Waals surface area contributed by atoms with Gasteiger partial charge in [-0.1, -0.05) is 0 Å². The monoisotopic (exact) mass is 327 g/mol. The minimum atomic E-state index is -0.113. The summed E-state index contributed by atoms with van der Waals surface area (Å²) in [4.78, 5) is 19.1. The first-order valence-corrected chi connectivity index (χ1v) is 8.31. The Morgan fingerprint density at radius 1 is 1.33 bits per heavy atom. The lowest BCUT2D eigenvalue weighted by Crippen LogP contribution is -2.41. The summed E-state index contributed by atoms with van der Waals surface area (Å²) in [6.07, 6.45) is 6.84. The molecule has 0 bridgehead atoms. The number of hydrogen-bond acceptors (Lipinski definition) is 5. The van der Waals surface area contributed by atoms with Crippen LogP contribution in [0.1, 0.15) is 5.56 Å². The van der Waals surface area contributed by atoms with E-state index in [2.05, 4.69) is 15.2 Å². The molecular formula is C18H21N3O3. The predicted octanol–water partition coefficient (Wildman–Crippen LogP) is 2.01. The second kappa shape index (κ2) is 6.75. The molecule has 4 rings (SSSR count). The lowest BCUT2D eigenvalue weighted by Gasteiger charge is -2.32. The number of pyridine rings is 1. The van der Waals surface area contributed by atoms with Crippen LogP contribution in [-0.4, -0.2) is 42.1 Å². The standard InChI is InChI=1S/C18H21N3O3/c22-18(20-15-2-1-4-19-6-15)17-12-24-11-14-8-21(9-16(14)17)7-13-3-5-23-10-13/h1-6,10,14,16-17H,7-9,11-12H2,(H,20,22)/t14-,16-,17-/m1/s1. The Hall–Kier alpha value is -2.18. The van der Waals surface area contributed by atoms with E-state index in [0.29, 0.717) is 18.4 Å². The summed E-state index contributed by atoms with van der Waals surface area (Å²) in [5.41, 5.74) is 1.91. The van der Waals surface area contributed by atoms with E-state index in [0.717, 1.165) is 31.9 Å². The summed E-state index contributed by atoms with van der Waals surface area (Å²) in [5.74, 6) is 0.666. The van der Waals surface area contributed by atoms with E-state index in [1.54, 1.807) is 24.9 Å². The van der Waals surface area contributed by atoms with Crippen molar-refractivity contribution in [2.24, 2.45) is 17.8 Å². The molecule has 0 aliphatic carbocycles. The van der Waals surface area contributed by atoms with Gasteiger partial charge in [-0.25, -0.2) is 0 Å². The first-order chi connectivity index (χ1) is 11.8. The number of anilines is 1. The number of carbonyl (C=O) groups excluding carboxylic acids is 1. The van der Waals surface area contributed by atoms with Crippen LogP contribution >= 0.6 is 0 Å². The van der Waals surface area contributed by atoms with Crippen molar-refractivity contribution in [1.82, 2.24) is 9.88 Å². The molecule has 4 heterocycles. The van der Waals surface area contributed by atoms with Gasteiger partial charge in [-0.3, -0.25) is 14.7 Å². The van der Waals surface area contributed by atoms with Crippen molar-refractivity contribution in [3.05, 3.63) is 48.7 Å². The summed E-state index contributed by atoms with van der Waals surface area (Å²) < 4.78 is 10.9. The lowest BCUT2D eigenvalue weighted by atomic mass is 9.82. The van der Waals surface area contributed by atoms with E-state index in [1.807, 2.05) is 18.2 Å². The van der Waals surface area contributed by atoms with Gasteiger partial charge >= 0.3 is 0 Å². The van der Waals surface area contributed by atoms with Crippen molar-refractivity contribution in [2.45, 2.75) is 6.54 Å². The first-order valence-electron chi connectivity index (χ1n) is 8.31. The molecule has 1 N–H and O–H groups in total. The van der Waals surface area contributed by atoms with Gasteiger partial charge in [-0.2, -0.15) is 0 Å². The van der Waals surface area contributed by atoms with Crippen LogP contribution in [0.2, 0.25) is 0 Å². The van der Waals surface area contributed by atoms with Gasteiger partial charge in [0.25, 0.3) is 0 Å². The number of likely N-dealkylation sites (tertiary alicyclic amines) is 1. The van der Waals surface area contributed by atoms with Crippen molar-refractivity contribution in [3.8, 4) is 0 Å². The van der Waals surface area contributed by atoms with Gasteiger partial charge in [-0.15, -0.1) is 0 Å². The molecule has 0 radical (unpaired) electrons. The van der Waals surface area contributed by atoms with Crippen molar-refractivity contribution in [3.63, 3.8) is 0 Å². The average Bonchev–Trinajstić information content (AvgIpc) is 3.24. The van der Waals surface area contributed by atoms with Crippen LogP contribution in [0.5, 0.6) is 0 Å². The maximum absolute atomic E-state index is 12.7. The Morgan fingerprint density at radius 2 is 2.29 bits per heavy atom. The maximum Gasteiger partial charge on any atom is 0.230 e. The number of ether oxygens (including phenoxy) is 1. The number of fused-ring (bicyclic) bond motifs is 1. The number of amides is 1. The predicted molar refractivity (Wildman–Crippen MR) is 88.1 cm³/mol. The van der Waals surface area contributed by atoms with E-state index in [9.17, 15) is 4.79 Å². The zero-order valence-corrected chi connectivity index (χ0v) is 13.4. The highest BCUT2D eigenvalue weighted by Gasteiger charge is 2.43. The van der Waals surface area contributed by atoms with Crippen LogP contribution in [0.3, 0.4) is 0 Å². The summed E-state index contributed by atoms with van der Waals surface area (Å²) in [6.45, 7) is 3.98. The molecule has 1 amide bonds. The second-order valence-corrected chi connectivity index (χ2v) is 6.62. The van der Waals surface area contributed by atoms with E-state index >= 15 is 0 Å². The third kappa shape index (κ3) is 3.20. The molecule has 2 aromatic rings. The average molecular weight is 327 g/mol. The zero-order chi connectivity index (χ0) is 16.4. The first kappa shape index (κ1) is 15.4. The molecule has 126 valence electrons. The number of carbonyl (C=O) groups is 1. The van der Waals surface area contributed by atoms with Gasteiger partial charge in [0.1, 0.15) is 0 Å². The topological polar surface area (TPSA) is 67.6 Å². The number of furan rings is 1. The Kier molecular flexibility index (Phi) is 4.32. The SMILES string of the molecule is O=C(Nc1cccnc1)[C@@H]1COC[C@H]2CN(Cc3ccoc3)C[C@H]21. The number of rotatable bonds is 4. The highest BCUT2D eigenvalue weighted by atomic mass is 16.5. The quantitative estimate of drug-likeness (QED) is 0.930. The molecule has 3 atom stereocenters. The Bertz CT molecular complexity index is 674. The summed E-state index contributed by atoms with van der Waals surface area (Å²) in [7, 11) is 0. The van der Waals surface area contributed by atoms with E-state index in [4.69, 9.17) is 9.15 Å². The molecule has 6 nitrogen and oxygen atoms in total. The Morgan fingerprint density at radius 3 is 3.08 bits per heavy atom. The van der Waals surface area contributed by atoms with Crippen molar-refractivity contribution in [2.75, 3.05) is 31.6 Å². The molecule has 2 saturated heterocycles. The second-order valence-electron chi connectivity index (χ2n) is 6.62. The van der Waals surface area contributed by atoms with Gasteiger partial charge in [0, 0.05) is 31.4 Å². The molecule has 6 heteroatoms. The molecule has 2 fully saturated rings. The van der Waals surface area contributed by atoms with Crippen LogP contribution in [-0.2, 0) is 16.1 Å².